The molecule has 1 unspecified atom stereocenters. The Balaban J connectivity index is 4.53. The summed E-state index contributed by atoms with van der Waals surface area (Å²) in [6, 6.07) is 0. The average molecular weight is 165 g/mol. The van der Waals surface area contributed by atoms with Crippen LogP contribution in [0.5, 0.6) is 0 Å². The maximum atomic E-state index is 12.4. The van der Waals surface area contributed by atoms with Crippen molar-refractivity contribution < 1.29 is 8.78 Å². The Hall–Kier alpha value is -0.180. The Kier molecular flexibility index (Phi) is 3.00. The van der Waals surface area contributed by atoms with Crippen LogP contribution in [0.1, 0.15) is 34.1 Å². The topological polar surface area (TPSA) is 26.0 Å². The third kappa shape index (κ3) is 1.89. The van der Waals surface area contributed by atoms with Gasteiger partial charge in [-0.2, -0.15) is 0 Å². The van der Waals surface area contributed by atoms with Crippen molar-refractivity contribution >= 4 is 0 Å². The van der Waals surface area contributed by atoms with Crippen molar-refractivity contribution in [2.45, 2.75) is 46.1 Å². The molecule has 0 bridgehead atoms. The normalized spacial score (nSPS) is 18.5. The lowest BCUT2D eigenvalue weighted by molar-refractivity contribution is -0.00847. The van der Waals surface area contributed by atoms with Gasteiger partial charge < -0.3 is 5.73 Å². The number of alkyl halides is 2. The largest absolute Gasteiger partial charge is 0.320 e. The van der Waals surface area contributed by atoms with E-state index in [1.807, 2.05) is 6.92 Å². The summed E-state index contributed by atoms with van der Waals surface area (Å²) < 4.78 is 24.7. The molecule has 0 amide bonds. The Morgan fingerprint density at radius 1 is 1.27 bits per heavy atom. The molecule has 0 heterocycles. The molecule has 0 aliphatic rings. The molecule has 0 aromatic rings. The van der Waals surface area contributed by atoms with Gasteiger partial charge in [-0.3, -0.25) is 0 Å². The quantitative estimate of drug-likeness (QED) is 0.682. The van der Waals surface area contributed by atoms with Gasteiger partial charge in [0.25, 0.3) is 6.43 Å². The first-order valence-corrected chi connectivity index (χ1v) is 3.82. The van der Waals surface area contributed by atoms with Gasteiger partial charge >= 0.3 is 0 Å². The summed E-state index contributed by atoms with van der Waals surface area (Å²) in [5, 5.41) is 0. The fourth-order valence-corrected chi connectivity index (χ4v) is 0.676. The summed E-state index contributed by atoms with van der Waals surface area (Å²) in [5.74, 6) is 0. The zero-order chi connectivity index (χ0) is 9.28. The Morgan fingerprint density at radius 3 is 1.73 bits per heavy atom. The smallest absolute Gasteiger partial charge is 0.256 e. The van der Waals surface area contributed by atoms with Gasteiger partial charge in [0.05, 0.1) is 5.54 Å². The second-order valence-electron chi connectivity index (χ2n) is 3.82. The molecule has 2 N–H and O–H groups in total. The van der Waals surface area contributed by atoms with Crippen molar-refractivity contribution in [1.29, 1.82) is 0 Å². The zero-order valence-corrected chi connectivity index (χ0v) is 7.62. The van der Waals surface area contributed by atoms with Gasteiger partial charge in [-0.25, -0.2) is 8.78 Å². The minimum absolute atomic E-state index is 0.513. The summed E-state index contributed by atoms with van der Waals surface area (Å²) in [5.41, 5.74) is 3.60. The average Bonchev–Trinajstić information content (AvgIpc) is 1.87. The van der Waals surface area contributed by atoms with Crippen molar-refractivity contribution in [2.75, 3.05) is 0 Å². The lowest BCUT2D eigenvalue weighted by atomic mass is 9.72. The fourth-order valence-electron chi connectivity index (χ4n) is 0.676. The predicted octanol–water partition coefficient (Wildman–Crippen LogP) is 2.41. The van der Waals surface area contributed by atoms with Crippen LogP contribution in [0.4, 0.5) is 8.78 Å². The second-order valence-corrected chi connectivity index (χ2v) is 3.82. The molecule has 0 fully saturated rings. The van der Waals surface area contributed by atoms with E-state index >= 15 is 0 Å². The van der Waals surface area contributed by atoms with E-state index < -0.39 is 17.4 Å². The standard InChI is InChI=1S/C8H17F2N/c1-5-7(2,3)8(4,11)6(9)10/h6H,5,11H2,1-4H3. The molecule has 0 aliphatic heterocycles. The van der Waals surface area contributed by atoms with Crippen LogP contribution in [-0.4, -0.2) is 12.0 Å². The van der Waals surface area contributed by atoms with Gasteiger partial charge in [-0.15, -0.1) is 0 Å². The number of halogens is 2. The van der Waals surface area contributed by atoms with Crippen molar-refractivity contribution in [1.82, 2.24) is 0 Å². The number of hydrogen-bond acceptors (Lipinski definition) is 1. The van der Waals surface area contributed by atoms with Crippen LogP contribution < -0.4 is 5.73 Å². The predicted molar refractivity (Wildman–Crippen MR) is 42.7 cm³/mol. The van der Waals surface area contributed by atoms with Gasteiger partial charge in [-0.1, -0.05) is 20.8 Å². The summed E-state index contributed by atoms with van der Waals surface area (Å²) >= 11 is 0. The van der Waals surface area contributed by atoms with E-state index in [4.69, 9.17) is 5.73 Å². The Morgan fingerprint density at radius 2 is 1.64 bits per heavy atom. The molecule has 68 valence electrons. The van der Waals surface area contributed by atoms with Crippen LogP contribution in [-0.2, 0) is 0 Å². The first kappa shape index (κ1) is 10.8. The van der Waals surface area contributed by atoms with Gasteiger partial charge in [-0.05, 0) is 18.8 Å². The lowest BCUT2D eigenvalue weighted by Crippen LogP contribution is -2.55. The molecule has 0 spiro atoms. The minimum Gasteiger partial charge on any atom is -0.320 e. The number of rotatable bonds is 3. The van der Waals surface area contributed by atoms with Gasteiger partial charge in [0.1, 0.15) is 0 Å². The molecule has 0 aliphatic carbocycles. The summed E-state index contributed by atoms with van der Waals surface area (Å²) in [6.45, 7) is 6.80. The fraction of sp³-hybridized carbons (Fsp3) is 1.00. The molecule has 0 rings (SSSR count). The zero-order valence-electron chi connectivity index (χ0n) is 7.62. The molecule has 0 radical (unpaired) electrons. The van der Waals surface area contributed by atoms with Crippen LogP contribution in [0.3, 0.4) is 0 Å². The third-order valence-electron chi connectivity index (χ3n) is 2.80. The molecular formula is C8H17F2N. The molecule has 11 heavy (non-hydrogen) atoms. The van der Waals surface area contributed by atoms with Crippen LogP contribution in [0.25, 0.3) is 0 Å². The van der Waals surface area contributed by atoms with Crippen molar-refractivity contribution in [2.24, 2.45) is 11.1 Å². The van der Waals surface area contributed by atoms with E-state index in [2.05, 4.69) is 0 Å². The van der Waals surface area contributed by atoms with Crippen LogP contribution in [0, 0.1) is 5.41 Å². The van der Waals surface area contributed by atoms with E-state index in [0.29, 0.717) is 6.42 Å². The summed E-state index contributed by atoms with van der Waals surface area (Å²) in [6.07, 6.45) is -1.80. The Bertz CT molecular complexity index is 130. The second kappa shape index (κ2) is 3.05. The van der Waals surface area contributed by atoms with E-state index in [1.54, 1.807) is 13.8 Å². The number of nitrogens with two attached hydrogens (primary N) is 1. The van der Waals surface area contributed by atoms with E-state index in [-0.39, 0.29) is 0 Å². The molecule has 0 aromatic carbocycles. The monoisotopic (exact) mass is 165 g/mol. The molecule has 0 saturated carbocycles. The van der Waals surface area contributed by atoms with Gasteiger partial charge in [0, 0.05) is 0 Å². The Labute approximate surface area is 67.0 Å². The highest BCUT2D eigenvalue weighted by molar-refractivity contribution is 4.95. The van der Waals surface area contributed by atoms with Crippen molar-refractivity contribution in [3.05, 3.63) is 0 Å². The van der Waals surface area contributed by atoms with Crippen molar-refractivity contribution in [3.8, 4) is 0 Å². The van der Waals surface area contributed by atoms with Gasteiger partial charge in [0.2, 0.25) is 0 Å². The third-order valence-corrected chi connectivity index (χ3v) is 2.80. The molecule has 1 nitrogen and oxygen atoms in total. The first-order valence-electron chi connectivity index (χ1n) is 3.82. The molecule has 0 aromatic heterocycles. The maximum Gasteiger partial charge on any atom is 0.256 e. The van der Waals surface area contributed by atoms with E-state index in [1.165, 1.54) is 6.92 Å². The molecule has 0 saturated heterocycles. The highest BCUT2D eigenvalue weighted by Gasteiger charge is 2.43. The highest BCUT2D eigenvalue weighted by Crippen LogP contribution is 2.36. The van der Waals surface area contributed by atoms with Crippen LogP contribution >= 0.6 is 0 Å². The first-order chi connectivity index (χ1) is 4.75. The summed E-state index contributed by atoms with van der Waals surface area (Å²) in [7, 11) is 0. The molecular weight excluding hydrogens is 148 g/mol. The highest BCUT2D eigenvalue weighted by atomic mass is 19.3. The minimum atomic E-state index is -2.46. The molecule has 1 atom stereocenters. The summed E-state index contributed by atoms with van der Waals surface area (Å²) in [4.78, 5) is 0. The lowest BCUT2D eigenvalue weighted by Gasteiger charge is -2.39. The van der Waals surface area contributed by atoms with Crippen LogP contribution in [0.15, 0.2) is 0 Å². The van der Waals surface area contributed by atoms with Crippen molar-refractivity contribution in [3.63, 3.8) is 0 Å². The van der Waals surface area contributed by atoms with Gasteiger partial charge in [0.15, 0.2) is 0 Å². The van der Waals surface area contributed by atoms with E-state index in [0.717, 1.165) is 0 Å². The molecule has 3 heteroatoms. The SMILES string of the molecule is CCC(C)(C)C(C)(N)C(F)F. The van der Waals surface area contributed by atoms with Crippen LogP contribution in [0.2, 0.25) is 0 Å². The maximum absolute atomic E-state index is 12.4. The number of hydrogen-bond donors (Lipinski definition) is 1. The van der Waals surface area contributed by atoms with E-state index in [9.17, 15) is 8.78 Å².